The Morgan fingerprint density at radius 1 is 1.06 bits per heavy atom. The van der Waals surface area contributed by atoms with E-state index in [1.165, 1.54) is 0 Å². The van der Waals surface area contributed by atoms with Gasteiger partial charge in [-0.05, 0) is 33.3 Å². The molecule has 0 bridgehead atoms. The maximum absolute atomic E-state index is 9.95. The Bertz CT molecular complexity index is 386. The van der Waals surface area contributed by atoms with Crippen molar-refractivity contribution in [3.05, 3.63) is 11.3 Å². The zero-order valence-electron chi connectivity index (χ0n) is 10.9. The van der Waals surface area contributed by atoms with Gasteiger partial charge in [-0.2, -0.15) is 0 Å². The van der Waals surface area contributed by atoms with Crippen molar-refractivity contribution in [2.45, 2.75) is 63.5 Å². The zero-order chi connectivity index (χ0) is 13.9. The van der Waals surface area contributed by atoms with Gasteiger partial charge in [0.05, 0.1) is 0 Å². The highest BCUT2D eigenvalue weighted by Crippen LogP contribution is 2.55. The molecule has 0 aromatic rings. The fourth-order valence-corrected chi connectivity index (χ4v) is 2.36. The molecule has 0 amide bonds. The molecule has 6 heteroatoms. The summed E-state index contributed by atoms with van der Waals surface area (Å²) in [4.78, 5) is 0. The maximum Gasteiger partial charge on any atom is 0.228 e. The topological polar surface area (TPSA) is 103 Å². The van der Waals surface area contributed by atoms with E-state index in [0.29, 0.717) is 5.57 Å². The second-order valence-electron chi connectivity index (χ2n) is 5.63. The first-order valence-corrected chi connectivity index (χ1v) is 5.92. The fourth-order valence-electron chi connectivity index (χ4n) is 2.36. The molecule has 2 heterocycles. The third-order valence-electron chi connectivity index (χ3n) is 3.66. The highest BCUT2D eigenvalue weighted by Gasteiger charge is 2.75. The molecule has 18 heavy (non-hydrogen) atoms. The molecule has 2 fully saturated rings. The summed E-state index contributed by atoms with van der Waals surface area (Å²) in [6, 6.07) is 0. The van der Waals surface area contributed by atoms with Crippen LogP contribution in [0.1, 0.15) is 27.7 Å². The van der Waals surface area contributed by atoms with Crippen molar-refractivity contribution in [2.75, 3.05) is 0 Å². The largest absolute Gasteiger partial charge is 0.510 e. The minimum atomic E-state index is -1.44. The number of allylic oxidation sites excluding steroid dienone is 1. The molecule has 104 valence electrons. The van der Waals surface area contributed by atoms with Crippen molar-refractivity contribution in [2.24, 2.45) is 0 Å². The minimum absolute atomic E-state index is 0.154. The summed E-state index contributed by atoms with van der Waals surface area (Å²) >= 11 is 0. The molecule has 4 N–H and O–H groups in total. The lowest BCUT2D eigenvalue weighted by molar-refractivity contribution is -0.260. The van der Waals surface area contributed by atoms with Crippen LogP contribution in [0.4, 0.5) is 0 Å². The summed E-state index contributed by atoms with van der Waals surface area (Å²) < 4.78 is 10.9. The molecule has 0 aliphatic carbocycles. The van der Waals surface area contributed by atoms with Crippen LogP contribution in [0.15, 0.2) is 11.3 Å². The van der Waals surface area contributed by atoms with Crippen molar-refractivity contribution in [3.8, 4) is 0 Å². The monoisotopic (exact) mass is 260 g/mol. The maximum atomic E-state index is 9.95. The molecule has 1 spiro atoms. The Morgan fingerprint density at radius 2 is 1.56 bits per heavy atom. The molecule has 6 nitrogen and oxygen atoms in total. The Balaban J connectivity index is 2.33. The first-order valence-electron chi connectivity index (χ1n) is 5.92. The highest BCUT2D eigenvalue weighted by atomic mass is 16.8. The lowest BCUT2D eigenvalue weighted by atomic mass is 9.88. The van der Waals surface area contributed by atoms with Gasteiger partial charge in [0.2, 0.25) is 5.79 Å². The summed E-state index contributed by atoms with van der Waals surface area (Å²) in [6.45, 7) is 6.73. The fraction of sp³-hybridized carbons (Fsp3) is 0.833. The van der Waals surface area contributed by atoms with E-state index >= 15 is 0 Å². The van der Waals surface area contributed by atoms with Crippen LogP contribution in [-0.2, 0) is 9.47 Å². The standard InChI is InChI=1S/C12H20O6/c1-5(2)6(13)9-7(14)8(15)10(16)12(17-9)11(3,4)18-12/h7-10,13-16H,1-4H3/t7-,8+,9-,10-,12+/m1/s1. The molecule has 0 aromatic carbocycles. The lowest BCUT2D eigenvalue weighted by Crippen LogP contribution is -2.61. The van der Waals surface area contributed by atoms with Gasteiger partial charge in [0.25, 0.3) is 0 Å². The van der Waals surface area contributed by atoms with Gasteiger partial charge in [0, 0.05) is 0 Å². The van der Waals surface area contributed by atoms with Gasteiger partial charge < -0.3 is 29.9 Å². The van der Waals surface area contributed by atoms with Gasteiger partial charge in [0.15, 0.2) is 0 Å². The van der Waals surface area contributed by atoms with Gasteiger partial charge in [-0.25, -0.2) is 0 Å². The van der Waals surface area contributed by atoms with Crippen LogP contribution in [0.3, 0.4) is 0 Å². The molecular formula is C12H20O6. The first-order chi connectivity index (χ1) is 8.14. The van der Waals surface area contributed by atoms with E-state index < -0.39 is 35.8 Å². The van der Waals surface area contributed by atoms with E-state index in [1.54, 1.807) is 27.7 Å². The SMILES string of the molecule is CC(C)=C(O)[C@H]1O[C@]2(OC2(C)C)[C@H](O)[C@@H](O)[C@H]1O. The van der Waals surface area contributed by atoms with Crippen molar-refractivity contribution >= 4 is 0 Å². The molecule has 2 saturated heterocycles. The molecule has 0 saturated carbocycles. The van der Waals surface area contributed by atoms with E-state index in [4.69, 9.17) is 9.47 Å². The molecule has 0 radical (unpaired) electrons. The summed E-state index contributed by atoms with van der Waals surface area (Å²) in [5, 5.41) is 39.6. The van der Waals surface area contributed by atoms with Crippen LogP contribution in [0.25, 0.3) is 0 Å². The number of ether oxygens (including phenoxy) is 2. The van der Waals surface area contributed by atoms with Crippen LogP contribution in [0, 0.1) is 0 Å². The Kier molecular flexibility index (Phi) is 2.99. The molecule has 2 rings (SSSR count). The van der Waals surface area contributed by atoms with Crippen molar-refractivity contribution < 1.29 is 29.9 Å². The highest BCUT2D eigenvalue weighted by molar-refractivity contribution is 5.20. The van der Waals surface area contributed by atoms with Crippen LogP contribution in [0.5, 0.6) is 0 Å². The van der Waals surface area contributed by atoms with Crippen molar-refractivity contribution in [1.29, 1.82) is 0 Å². The second-order valence-corrected chi connectivity index (χ2v) is 5.63. The normalized spacial score (nSPS) is 45.9. The first kappa shape index (κ1) is 13.8. The quantitative estimate of drug-likeness (QED) is 0.385. The number of aliphatic hydroxyl groups excluding tert-OH is 4. The van der Waals surface area contributed by atoms with E-state index in [9.17, 15) is 20.4 Å². The Hall–Kier alpha value is -0.660. The van der Waals surface area contributed by atoms with Gasteiger partial charge >= 0.3 is 0 Å². The molecular weight excluding hydrogens is 240 g/mol. The Labute approximate surface area is 105 Å². The van der Waals surface area contributed by atoms with Gasteiger partial charge in [0.1, 0.15) is 35.8 Å². The van der Waals surface area contributed by atoms with Crippen LogP contribution < -0.4 is 0 Å². The molecule has 0 unspecified atom stereocenters. The Morgan fingerprint density at radius 3 is 1.94 bits per heavy atom. The summed E-state index contributed by atoms with van der Waals surface area (Å²) in [5.41, 5.74) is -0.204. The average molecular weight is 260 g/mol. The molecule has 2 aliphatic heterocycles. The lowest BCUT2D eigenvalue weighted by Gasteiger charge is -2.40. The summed E-state index contributed by atoms with van der Waals surface area (Å²) in [6.07, 6.45) is -5.30. The average Bonchev–Trinajstić information content (AvgIpc) is 2.83. The smallest absolute Gasteiger partial charge is 0.228 e. The summed E-state index contributed by atoms with van der Waals surface area (Å²) in [7, 11) is 0. The van der Waals surface area contributed by atoms with E-state index in [2.05, 4.69) is 0 Å². The van der Waals surface area contributed by atoms with Gasteiger partial charge in [-0.15, -0.1) is 0 Å². The van der Waals surface area contributed by atoms with E-state index in [-0.39, 0.29) is 5.76 Å². The van der Waals surface area contributed by atoms with E-state index in [1.807, 2.05) is 0 Å². The number of hydrogen-bond donors (Lipinski definition) is 4. The third kappa shape index (κ3) is 1.68. The molecule has 0 aromatic heterocycles. The van der Waals surface area contributed by atoms with Crippen molar-refractivity contribution in [1.82, 2.24) is 0 Å². The number of aliphatic hydroxyl groups is 4. The predicted octanol–water partition coefficient (Wildman–Crippen LogP) is -0.175. The second kappa shape index (κ2) is 3.91. The number of epoxide rings is 1. The van der Waals surface area contributed by atoms with Crippen LogP contribution >= 0.6 is 0 Å². The molecule has 5 atom stereocenters. The van der Waals surface area contributed by atoms with E-state index in [0.717, 1.165) is 0 Å². The summed E-state index contributed by atoms with van der Waals surface area (Å²) in [5.74, 6) is -1.53. The number of hydrogen-bond acceptors (Lipinski definition) is 6. The number of rotatable bonds is 1. The van der Waals surface area contributed by atoms with Crippen molar-refractivity contribution in [3.63, 3.8) is 0 Å². The zero-order valence-corrected chi connectivity index (χ0v) is 10.9. The van der Waals surface area contributed by atoms with Crippen LogP contribution in [-0.4, -0.2) is 56.2 Å². The van der Waals surface area contributed by atoms with Crippen LogP contribution in [0.2, 0.25) is 0 Å². The minimum Gasteiger partial charge on any atom is -0.510 e. The van der Waals surface area contributed by atoms with Gasteiger partial charge in [-0.1, -0.05) is 0 Å². The molecule has 2 aliphatic rings. The third-order valence-corrected chi connectivity index (χ3v) is 3.66. The van der Waals surface area contributed by atoms with Gasteiger partial charge in [-0.3, -0.25) is 0 Å². The predicted molar refractivity (Wildman–Crippen MR) is 61.8 cm³/mol.